The van der Waals surface area contributed by atoms with Crippen LogP contribution in [0.1, 0.15) is 207 Å². The fourth-order valence-electron chi connectivity index (χ4n) is 16.3. The minimum absolute atomic E-state index is 0.0108. The molecule has 1 aromatic rings. The molecule has 7 rings (SSSR count). The molecule has 6 aliphatic rings. The van der Waals surface area contributed by atoms with Crippen LogP contribution < -0.4 is 74.9 Å². The van der Waals surface area contributed by atoms with E-state index in [1.54, 1.807) is 34.6 Å². The number of nitrogens with zero attached hydrogens (tertiary/aromatic N) is 1. The average molecular weight is 1640 g/mol. The Morgan fingerprint density at radius 1 is 0.561 bits per heavy atom. The van der Waals surface area contributed by atoms with Crippen molar-refractivity contribution in [2.24, 2.45) is 34.8 Å². The number of benzene rings is 1. The first-order chi connectivity index (χ1) is 54.1. The van der Waals surface area contributed by atoms with Crippen LogP contribution in [0.2, 0.25) is 0 Å². The molecular weight excluding hydrogens is 1510 g/mol. The van der Waals surface area contributed by atoms with Crippen LogP contribution in [-0.4, -0.2) is 249 Å². The Kier molecular flexibility index (Phi) is 37.9. The number of carboxylic acid groups (broad SMARTS) is 1. The minimum Gasteiger partial charge on any atom is -0.481 e. The standard InChI is InChI=1S/C79H129N15O18S2/c1-9-14-55-69(103)86-57(28-29-64(100)101)70(104)87-58(33-45-20-24-51(97)25-21-45)72(106)85-56(15-10-2)71(105)92-65(43(3)95)76(110)90-61(68(80)102)41-114-40-48-17-13-16-47(32-48)39-113-31-30-63(99)91-67(79(5,6)7)77(111)89-60(34-46-22-26-52(98)27-23-46)78(112)94(8)62(36-50-38-81-42-83-50)74(108)93-66(44(4)96)75(109)88-59(73(107)84-55)35-49-37-82-54-19-12-11-18-53(49)54/h13,16-17,32,43-46,49-62,65-67,81-83,95-98H,9-12,14-15,18-31,33-42H2,1-8H3,(H2,80,102)(H,84,107)(H,85,106)(H,86,103)(H,87,104)(H,88,109)(H,89,111)(H,90,110)(H,91,99)(H,92,105)(H,93,108)(H,100,101)/t43-,44-,45?,46?,49?,50?,51?,52?,53?,54?,55+,56+,57+,58+,59+,60+,61+,62+,65+,66+,67-/m1/s1. The zero-order valence-corrected chi connectivity index (χ0v) is 69.2. The van der Waals surface area contributed by atoms with Gasteiger partial charge in [0.25, 0.3) is 0 Å². The van der Waals surface area contributed by atoms with Crippen LogP contribution in [0.3, 0.4) is 0 Å². The lowest BCUT2D eigenvalue weighted by Crippen LogP contribution is -2.63. The van der Waals surface area contributed by atoms with Crippen LogP contribution in [0, 0.1) is 29.1 Å². The van der Waals surface area contributed by atoms with Gasteiger partial charge in [0.2, 0.25) is 70.9 Å². The summed E-state index contributed by atoms with van der Waals surface area (Å²) in [6.07, 6.45) is 2.24. The van der Waals surface area contributed by atoms with E-state index in [1.165, 1.54) is 49.3 Å². The van der Waals surface area contributed by atoms with Gasteiger partial charge >= 0.3 is 5.97 Å². The number of nitrogens with two attached hydrogens (primary N) is 1. The maximum absolute atomic E-state index is 15.4. The molecule has 640 valence electrons. The second kappa shape index (κ2) is 46.0. The van der Waals surface area contributed by atoms with E-state index in [4.69, 9.17) is 5.73 Å². The summed E-state index contributed by atoms with van der Waals surface area (Å²) in [5.41, 5.74) is 6.69. The molecule has 2 saturated heterocycles. The van der Waals surface area contributed by atoms with Crippen molar-refractivity contribution >= 4 is 100 Å². The number of nitrogens with one attached hydrogen (secondary N) is 13. The zero-order valence-electron chi connectivity index (χ0n) is 67.5. The Balaban J connectivity index is 1.24. The Hall–Kier alpha value is -7.25. The Labute approximate surface area is 678 Å². The average Bonchev–Trinajstić information content (AvgIpc) is 1.72. The molecule has 12 amide bonds. The maximum atomic E-state index is 15.4. The minimum atomic E-state index is -1.77. The van der Waals surface area contributed by atoms with Gasteiger partial charge in [-0.2, -0.15) is 23.5 Å². The largest absolute Gasteiger partial charge is 0.481 e. The molecule has 2 bridgehead atoms. The van der Waals surface area contributed by atoms with Crippen molar-refractivity contribution in [3.8, 4) is 0 Å². The quantitative estimate of drug-likeness (QED) is 0.0916. The number of aliphatic hydroxyl groups excluding tert-OH is 4. The lowest BCUT2D eigenvalue weighted by Gasteiger charge is -2.37. The molecule has 35 heteroatoms. The van der Waals surface area contributed by atoms with Gasteiger partial charge in [-0.25, -0.2) is 0 Å². The molecule has 3 aliphatic heterocycles. The number of primary amides is 1. The highest BCUT2D eigenvalue weighted by atomic mass is 32.2. The van der Waals surface area contributed by atoms with E-state index >= 15 is 19.2 Å². The summed E-state index contributed by atoms with van der Waals surface area (Å²) in [5.74, 6) is -10.7. The second-order valence-electron chi connectivity index (χ2n) is 33.3. The van der Waals surface area contributed by atoms with E-state index in [0.29, 0.717) is 94.8 Å². The summed E-state index contributed by atoms with van der Waals surface area (Å²) >= 11 is 2.74. The van der Waals surface area contributed by atoms with E-state index in [-0.39, 0.29) is 86.8 Å². The third-order valence-corrected chi connectivity index (χ3v) is 25.1. The lowest BCUT2D eigenvalue weighted by molar-refractivity contribution is -0.144. The summed E-state index contributed by atoms with van der Waals surface area (Å²) < 4.78 is 0. The van der Waals surface area contributed by atoms with Gasteiger partial charge in [0.05, 0.1) is 24.4 Å². The Morgan fingerprint density at radius 2 is 1.05 bits per heavy atom. The molecule has 3 saturated carbocycles. The number of rotatable bonds is 18. The van der Waals surface area contributed by atoms with Crippen molar-refractivity contribution in [1.82, 2.24) is 74.0 Å². The van der Waals surface area contributed by atoms with Gasteiger partial charge in [-0.3, -0.25) is 62.3 Å². The monoisotopic (exact) mass is 1640 g/mol. The zero-order chi connectivity index (χ0) is 83.5. The number of amides is 12. The molecule has 0 spiro atoms. The highest BCUT2D eigenvalue weighted by molar-refractivity contribution is 7.98. The van der Waals surface area contributed by atoms with E-state index in [0.717, 1.165) is 36.8 Å². The number of carboxylic acids is 1. The van der Waals surface area contributed by atoms with E-state index in [2.05, 4.69) is 69.1 Å². The molecule has 0 radical (unpaired) electrons. The number of likely N-dealkylation sites (N-methyl/N-ethyl adjacent to an activating group) is 1. The van der Waals surface area contributed by atoms with Crippen LogP contribution in [0.15, 0.2) is 24.3 Å². The molecule has 4 unspecified atom stereocenters. The SMILES string of the molecule is CCC[C@@H]1NC(=O)[C@H](CC2CNC3CCCCC23)NC(=O)[C@H]([C@@H](C)O)NC(=O)[C@H](CC2CNCN2)N(C)C(=O)[C@H](CC2CCC(O)CC2)NC(=O)[C@H](C(C)(C)C)NC(=O)CCSCc2cccc(c2)CSC[C@@H](C(N)=O)NC(=O)[C@H]([C@@H](C)O)NC(=O)[C@H](CCC)NC(=O)[C@H](CC2CCC(O)CC2)NC(=O)[C@H](CCC(=O)O)NC1=O. The van der Waals surface area contributed by atoms with Gasteiger partial charge < -0.3 is 105 Å². The van der Waals surface area contributed by atoms with Crippen molar-refractivity contribution in [2.45, 2.75) is 311 Å². The van der Waals surface area contributed by atoms with E-state index in [1.807, 2.05) is 24.3 Å². The van der Waals surface area contributed by atoms with Gasteiger partial charge in [-0.05, 0) is 170 Å². The van der Waals surface area contributed by atoms with Crippen LogP contribution in [0.25, 0.3) is 0 Å². The summed E-state index contributed by atoms with van der Waals surface area (Å²) in [7, 11) is 1.41. The molecule has 3 heterocycles. The van der Waals surface area contributed by atoms with Gasteiger partial charge in [0.15, 0.2) is 0 Å². The lowest BCUT2D eigenvalue weighted by atomic mass is 9.77. The van der Waals surface area contributed by atoms with E-state index in [9.17, 15) is 68.7 Å². The third-order valence-electron chi connectivity index (χ3n) is 23.0. The number of fused-ring (bicyclic) bond motifs is 3. The number of aliphatic hydroxyl groups is 4. The number of carbonyl (C=O) groups excluding carboxylic acids is 12. The van der Waals surface area contributed by atoms with Crippen LogP contribution in [-0.2, 0) is 73.8 Å². The number of hydrogen-bond acceptors (Lipinski definition) is 22. The van der Waals surface area contributed by atoms with Gasteiger partial charge in [0, 0.05) is 68.2 Å². The van der Waals surface area contributed by atoms with Crippen molar-refractivity contribution in [2.75, 3.05) is 38.3 Å². The number of aliphatic carboxylic acids is 1. The predicted octanol–water partition coefficient (Wildman–Crippen LogP) is -0.0506. The van der Waals surface area contributed by atoms with Crippen molar-refractivity contribution in [3.05, 3.63) is 35.4 Å². The number of carbonyl (C=O) groups is 13. The Bertz CT molecular complexity index is 3410. The van der Waals surface area contributed by atoms with Gasteiger partial charge in [0.1, 0.15) is 66.5 Å². The third kappa shape index (κ3) is 29.4. The molecule has 33 nitrogen and oxygen atoms in total. The van der Waals surface area contributed by atoms with Crippen LogP contribution >= 0.6 is 23.5 Å². The molecular formula is C79H129N15O18S2. The molecule has 3 aliphatic carbocycles. The normalized spacial score (nSPS) is 32.4. The summed E-state index contributed by atoms with van der Waals surface area (Å²) in [6.45, 7) is 12.5. The molecule has 5 fully saturated rings. The molecule has 0 aromatic heterocycles. The highest BCUT2D eigenvalue weighted by Crippen LogP contribution is 2.38. The summed E-state index contributed by atoms with van der Waals surface area (Å²) in [6, 6.07) is -8.60. The predicted molar refractivity (Wildman–Crippen MR) is 429 cm³/mol. The first-order valence-electron chi connectivity index (χ1n) is 41.1. The smallest absolute Gasteiger partial charge is 0.303 e. The van der Waals surface area contributed by atoms with Gasteiger partial charge in [-0.1, -0.05) is 84.6 Å². The first-order valence-corrected chi connectivity index (χ1v) is 43.4. The second-order valence-corrected chi connectivity index (χ2v) is 35.4. The summed E-state index contributed by atoms with van der Waals surface area (Å²) in [4.78, 5) is 189. The van der Waals surface area contributed by atoms with Crippen molar-refractivity contribution in [3.63, 3.8) is 0 Å². The van der Waals surface area contributed by atoms with Crippen molar-refractivity contribution in [1.29, 1.82) is 0 Å². The Morgan fingerprint density at radius 3 is 1.59 bits per heavy atom. The number of thioether (sulfide) groups is 2. The molecule has 17 atom stereocenters. The fraction of sp³-hybridized carbons (Fsp3) is 0.759. The van der Waals surface area contributed by atoms with Crippen molar-refractivity contribution < 1.29 is 87.9 Å². The maximum Gasteiger partial charge on any atom is 0.303 e. The topological polar surface area (TPSA) is 509 Å². The van der Waals surface area contributed by atoms with Crippen LogP contribution in [0.4, 0.5) is 0 Å². The fourth-order valence-corrected chi connectivity index (χ4v) is 18.2. The first kappa shape index (κ1) is 93.9. The van der Waals surface area contributed by atoms with E-state index < -0.39 is 192 Å². The number of hydrogen-bond donors (Lipinski definition) is 19. The molecule has 20 N–H and O–H groups in total. The van der Waals surface area contributed by atoms with Gasteiger partial charge in [-0.15, -0.1) is 0 Å². The molecule has 114 heavy (non-hydrogen) atoms. The summed E-state index contributed by atoms with van der Waals surface area (Å²) in [5, 5.41) is 91.0. The van der Waals surface area contributed by atoms with Crippen LogP contribution in [0.5, 0.6) is 0 Å². The molecule has 1 aromatic carbocycles. The highest BCUT2D eigenvalue weighted by Gasteiger charge is 2.45.